The van der Waals surface area contributed by atoms with Gasteiger partial charge in [-0.15, -0.1) is 0 Å². The van der Waals surface area contributed by atoms with Gasteiger partial charge in [-0.3, -0.25) is 9.69 Å². The van der Waals surface area contributed by atoms with Crippen LogP contribution in [0.1, 0.15) is 42.9 Å². The average Bonchev–Trinajstić information content (AvgIpc) is 3.32. The van der Waals surface area contributed by atoms with Crippen LogP contribution >= 0.6 is 11.6 Å². The lowest BCUT2D eigenvalue weighted by molar-refractivity contribution is -0.127. The van der Waals surface area contributed by atoms with Gasteiger partial charge >= 0.3 is 0 Å². The molecule has 4 rings (SSSR count). The zero-order chi connectivity index (χ0) is 21.7. The molecule has 1 saturated heterocycles. The van der Waals surface area contributed by atoms with Crippen molar-refractivity contribution in [3.8, 4) is 5.75 Å². The molecule has 0 spiro atoms. The summed E-state index contributed by atoms with van der Waals surface area (Å²) in [5, 5.41) is 4.02. The van der Waals surface area contributed by atoms with Crippen LogP contribution in [-0.2, 0) is 14.9 Å². The second-order valence-electron chi connectivity index (χ2n) is 8.44. The zero-order valence-electron chi connectivity index (χ0n) is 18.1. The summed E-state index contributed by atoms with van der Waals surface area (Å²) < 4.78 is 10.9. The SMILES string of the molecule is COc1ccc([C@H](CNC(=O)C2(c3ccc(Cl)cc3)CCCC2)N2CCOCC2)cc1. The Hall–Kier alpha value is -2.08. The molecule has 6 heteroatoms. The van der Waals surface area contributed by atoms with Crippen LogP contribution in [0, 0.1) is 0 Å². The van der Waals surface area contributed by atoms with Crippen LogP contribution < -0.4 is 10.1 Å². The van der Waals surface area contributed by atoms with Gasteiger partial charge in [-0.05, 0) is 48.2 Å². The number of benzene rings is 2. The summed E-state index contributed by atoms with van der Waals surface area (Å²) >= 11 is 6.10. The summed E-state index contributed by atoms with van der Waals surface area (Å²) in [6, 6.07) is 16.0. The predicted molar refractivity (Wildman–Crippen MR) is 123 cm³/mol. The predicted octanol–water partition coefficient (Wildman–Crippen LogP) is 4.35. The summed E-state index contributed by atoms with van der Waals surface area (Å²) in [6.45, 7) is 3.72. The first kappa shape index (κ1) is 22.1. The third kappa shape index (κ3) is 4.89. The maximum Gasteiger partial charge on any atom is 0.230 e. The van der Waals surface area contributed by atoms with Gasteiger partial charge in [0.05, 0.1) is 31.8 Å². The van der Waals surface area contributed by atoms with E-state index in [1.54, 1.807) is 7.11 Å². The number of morpholine rings is 1. The van der Waals surface area contributed by atoms with E-state index in [0.29, 0.717) is 11.6 Å². The lowest BCUT2D eigenvalue weighted by Gasteiger charge is -2.36. The van der Waals surface area contributed by atoms with Gasteiger partial charge in [0, 0.05) is 24.7 Å². The van der Waals surface area contributed by atoms with Crippen molar-refractivity contribution in [2.45, 2.75) is 37.1 Å². The highest BCUT2D eigenvalue weighted by Gasteiger charge is 2.42. The molecule has 1 saturated carbocycles. The second kappa shape index (κ2) is 10.0. The van der Waals surface area contributed by atoms with Crippen LogP contribution in [0.4, 0.5) is 0 Å². The third-order valence-corrected chi connectivity index (χ3v) is 6.98. The van der Waals surface area contributed by atoms with E-state index in [1.807, 2.05) is 36.4 Å². The van der Waals surface area contributed by atoms with E-state index in [4.69, 9.17) is 21.1 Å². The number of nitrogens with one attached hydrogen (secondary N) is 1. The Labute approximate surface area is 189 Å². The number of amides is 1. The van der Waals surface area contributed by atoms with Crippen LogP contribution in [0.3, 0.4) is 0 Å². The van der Waals surface area contributed by atoms with Crippen molar-refractivity contribution >= 4 is 17.5 Å². The minimum atomic E-state index is -0.458. The van der Waals surface area contributed by atoms with Crippen LogP contribution in [0.2, 0.25) is 5.02 Å². The molecule has 2 aliphatic rings. The molecule has 0 radical (unpaired) electrons. The fourth-order valence-electron chi connectivity index (χ4n) is 4.93. The van der Waals surface area contributed by atoms with Gasteiger partial charge in [0.2, 0.25) is 5.91 Å². The number of methoxy groups -OCH3 is 1. The monoisotopic (exact) mass is 442 g/mol. The highest BCUT2D eigenvalue weighted by Crippen LogP contribution is 2.42. The highest BCUT2D eigenvalue weighted by atomic mass is 35.5. The number of rotatable bonds is 7. The number of carbonyl (C=O) groups excluding carboxylic acids is 1. The van der Waals surface area contributed by atoms with E-state index in [1.165, 1.54) is 5.56 Å². The molecule has 2 fully saturated rings. The lowest BCUT2D eigenvalue weighted by atomic mass is 9.78. The number of ether oxygens (including phenoxy) is 2. The van der Waals surface area contributed by atoms with E-state index in [2.05, 4.69) is 22.3 Å². The van der Waals surface area contributed by atoms with Crippen molar-refractivity contribution in [2.24, 2.45) is 0 Å². The van der Waals surface area contributed by atoms with E-state index in [0.717, 1.165) is 63.3 Å². The van der Waals surface area contributed by atoms with Crippen molar-refractivity contribution in [3.63, 3.8) is 0 Å². The highest BCUT2D eigenvalue weighted by molar-refractivity contribution is 6.30. The average molecular weight is 443 g/mol. The molecule has 0 unspecified atom stereocenters. The van der Waals surface area contributed by atoms with Crippen LogP contribution in [0.25, 0.3) is 0 Å². The Balaban J connectivity index is 1.53. The van der Waals surface area contributed by atoms with Gasteiger partial charge in [0.1, 0.15) is 5.75 Å². The first-order valence-electron chi connectivity index (χ1n) is 11.1. The van der Waals surface area contributed by atoms with Gasteiger partial charge in [-0.1, -0.05) is 48.7 Å². The Morgan fingerprint density at radius 3 is 2.35 bits per heavy atom. The minimum Gasteiger partial charge on any atom is -0.497 e. The van der Waals surface area contributed by atoms with Crippen molar-refractivity contribution in [1.29, 1.82) is 0 Å². The normalized spacial score (nSPS) is 19.7. The van der Waals surface area contributed by atoms with E-state index < -0.39 is 5.41 Å². The second-order valence-corrected chi connectivity index (χ2v) is 8.88. The zero-order valence-corrected chi connectivity index (χ0v) is 18.9. The van der Waals surface area contributed by atoms with Crippen LogP contribution in [-0.4, -0.2) is 50.8 Å². The minimum absolute atomic E-state index is 0.0995. The quantitative estimate of drug-likeness (QED) is 0.692. The summed E-state index contributed by atoms with van der Waals surface area (Å²) in [4.78, 5) is 16.0. The molecule has 1 N–H and O–H groups in total. The Kier molecular flexibility index (Phi) is 7.16. The summed E-state index contributed by atoms with van der Waals surface area (Å²) in [7, 11) is 1.67. The van der Waals surface area contributed by atoms with Crippen LogP contribution in [0.5, 0.6) is 5.75 Å². The molecular formula is C25H31ClN2O3. The molecule has 1 atom stereocenters. The lowest BCUT2D eigenvalue weighted by Crippen LogP contribution is -2.48. The molecule has 0 aromatic heterocycles. The maximum atomic E-state index is 13.6. The van der Waals surface area contributed by atoms with Crippen molar-refractivity contribution in [3.05, 3.63) is 64.7 Å². The number of carbonyl (C=O) groups is 1. The largest absolute Gasteiger partial charge is 0.497 e. The van der Waals surface area contributed by atoms with Gasteiger partial charge in [0.15, 0.2) is 0 Å². The third-order valence-electron chi connectivity index (χ3n) is 6.73. The molecule has 31 heavy (non-hydrogen) atoms. The molecule has 1 heterocycles. The van der Waals surface area contributed by atoms with Crippen LogP contribution in [0.15, 0.2) is 48.5 Å². The number of hydrogen-bond acceptors (Lipinski definition) is 4. The molecular weight excluding hydrogens is 412 g/mol. The molecule has 2 aromatic rings. The Bertz CT molecular complexity index is 857. The fourth-order valence-corrected chi connectivity index (χ4v) is 5.05. The smallest absolute Gasteiger partial charge is 0.230 e. The Morgan fingerprint density at radius 2 is 1.74 bits per heavy atom. The summed E-state index contributed by atoms with van der Waals surface area (Å²) in [6.07, 6.45) is 3.90. The number of halogens is 1. The summed E-state index contributed by atoms with van der Waals surface area (Å²) in [5.41, 5.74) is 1.79. The Morgan fingerprint density at radius 1 is 1.10 bits per heavy atom. The molecule has 1 aliphatic heterocycles. The van der Waals surface area contributed by atoms with Gasteiger partial charge in [-0.2, -0.15) is 0 Å². The fraction of sp³-hybridized carbons (Fsp3) is 0.480. The standard InChI is InChI=1S/C25H31ClN2O3/c1-30-22-10-4-19(5-11-22)23(28-14-16-31-17-15-28)18-27-24(29)25(12-2-3-13-25)20-6-8-21(26)9-7-20/h4-11,23H,2-3,12-18H2,1H3,(H,27,29)/t23-/m0/s1. The van der Waals surface area contributed by atoms with Gasteiger partial charge in [0.25, 0.3) is 0 Å². The van der Waals surface area contributed by atoms with Crippen molar-refractivity contribution < 1.29 is 14.3 Å². The summed E-state index contributed by atoms with van der Waals surface area (Å²) in [5.74, 6) is 0.959. The van der Waals surface area contributed by atoms with Gasteiger partial charge < -0.3 is 14.8 Å². The first-order valence-corrected chi connectivity index (χ1v) is 11.5. The molecule has 1 amide bonds. The molecule has 2 aromatic carbocycles. The van der Waals surface area contributed by atoms with E-state index >= 15 is 0 Å². The number of nitrogens with zero attached hydrogens (tertiary/aromatic N) is 1. The molecule has 0 bridgehead atoms. The van der Waals surface area contributed by atoms with E-state index in [9.17, 15) is 4.79 Å². The van der Waals surface area contributed by atoms with Crippen molar-refractivity contribution in [1.82, 2.24) is 10.2 Å². The number of hydrogen-bond donors (Lipinski definition) is 1. The molecule has 166 valence electrons. The molecule has 1 aliphatic carbocycles. The molecule has 5 nitrogen and oxygen atoms in total. The first-order chi connectivity index (χ1) is 15.1. The topological polar surface area (TPSA) is 50.8 Å². The van der Waals surface area contributed by atoms with Crippen molar-refractivity contribution in [2.75, 3.05) is 40.0 Å². The maximum absolute atomic E-state index is 13.6. The van der Waals surface area contributed by atoms with Gasteiger partial charge in [-0.25, -0.2) is 0 Å². The van der Waals surface area contributed by atoms with E-state index in [-0.39, 0.29) is 11.9 Å².